The molecule has 10 heteroatoms. The zero-order chi connectivity index (χ0) is 20.5. The number of carbonyl (C=O) groups excluding carboxylic acids is 1. The second kappa shape index (κ2) is 7.94. The lowest BCUT2D eigenvalue weighted by atomic mass is 10.0. The zero-order valence-electron chi connectivity index (χ0n) is 16.2. The molecule has 9 nitrogen and oxygen atoms in total. The van der Waals surface area contributed by atoms with Crippen LogP contribution in [-0.4, -0.2) is 51.2 Å². The lowest BCUT2D eigenvalue weighted by Gasteiger charge is -2.26. The van der Waals surface area contributed by atoms with Gasteiger partial charge in [-0.15, -0.1) is 10.2 Å². The Bertz CT molecular complexity index is 1050. The summed E-state index contributed by atoms with van der Waals surface area (Å²) in [6.07, 6.45) is 3.43. The highest BCUT2D eigenvalue weighted by Crippen LogP contribution is 2.38. The van der Waals surface area contributed by atoms with E-state index in [0.29, 0.717) is 30.0 Å². The third-order valence-corrected chi connectivity index (χ3v) is 6.18. The number of nitrogens with zero attached hydrogens (tertiary/aromatic N) is 4. The molecule has 1 amide bonds. The molecular weight excluding hydrogens is 406 g/mol. The topological polar surface area (TPSA) is 109 Å². The number of thioether (sulfide) groups is 1. The standard InChI is InChI=1S/C20H21N5O4S/c21-25-19(16-4-2-8-27-16)22-23-20(25)30-12-18(26)24-7-1-3-14(24)13-5-6-15-17(11-13)29-10-9-28-15/h2,4-6,8,11,14H,1,3,7,9-10,12,21H2/t14-/m1/s1. The fourth-order valence-electron chi connectivity index (χ4n) is 3.84. The Hall–Kier alpha value is -3.14. The minimum absolute atomic E-state index is 0.0309. The number of benzene rings is 1. The van der Waals surface area contributed by atoms with Crippen molar-refractivity contribution in [1.29, 1.82) is 0 Å². The van der Waals surface area contributed by atoms with Crippen LogP contribution in [0.2, 0.25) is 0 Å². The zero-order valence-corrected chi connectivity index (χ0v) is 17.0. The van der Waals surface area contributed by atoms with Crippen LogP contribution in [0.1, 0.15) is 24.4 Å². The molecule has 0 radical (unpaired) electrons. The van der Waals surface area contributed by atoms with Crippen molar-refractivity contribution >= 4 is 17.7 Å². The third kappa shape index (κ3) is 3.47. The molecule has 2 aromatic heterocycles. The summed E-state index contributed by atoms with van der Waals surface area (Å²) in [5.74, 6) is 8.80. The van der Waals surface area contributed by atoms with Gasteiger partial charge in [0.25, 0.3) is 0 Å². The summed E-state index contributed by atoms with van der Waals surface area (Å²) < 4.78 is 18.0. The van der Waals surface area contributed by atoms with Crippen LogP contribution >= 0.6 is 11.8 Å². The van der Waals surface area contributed by atoms with E-state index in [9.17, 15) is 4.79 Å². The van der Waals surface area contributed by atoms with E-state index in [2.05, 4.69) is 10.2 Å². The summed E-state index contributed by atoms with van der Waals surface area (Å²) in [5.41, 5.74) is 1.07. The number of amides is 1. The molecule has 1 fully saturated rings. The Morgan fingerprint density at radius 2 is 2.07 bits per heavy atom. The molecule has 2 aliphatic rings. The maximum absolute atomic E-state index is 13.0. The smallest absolute Gasteiger partial charge is 0.233 e. The second-order valence-corrected chi connectivity index (χ2v) is 8.03. The number of carbonyl (C=O) groups is 1. The minimum atomic E-state index is 0.0309. The van der Waals surface area contributed by atoms with E-state index in [4.69, 9.17) is 19.7 Å². The summed E-state index contributed by atoms with van der Waals surface area (Å²) >= 11 is 1.27. The molecule has 30 heavy (non-hydrogen) atoms. The number of nitrogens with two attached hydrogens (primary N) is 1. The number of likely N-dealkylation sites (tertiary alicyclic amines) is 1. The molecule has 0 saturated carbocycles. The van der Waals surface area contributed by atoms with Gasteiger partial charge in [0.1, 0.15) is 13.2 Å². The fraction of sp³-hybridized carbons (Fsp3) is 0.350. The predicted molar refractivity (Wildman–Crippen MR) is 110 cm³/mol. The molecule has 5 rings (SSSR count). The quantitative estimate of drug-likeness (QED) is 0.489. The normalized spacial score (nSPS) is 18.0. The molecule has 3 aromatic rings. The number of aromatic nitrogens is 3. The van der Waals surface area contributed by atoms with Crippen LogP contribution in [0.4, 0.5) is 0 Å². The number of rotatable bonds is 5. The van der Waals surface area contributed by atoms with Crippen LogP contribution in [0.3, 0.4) is 0 Å². The summed E-state index contributed by atoms with van der Waals surface area (Å²) in [6, 6.07) is 9.48. The molecule has 0 aliphatic carbocycles. The highest BCUT2D eigenvalue weighted by atomic mass is 32.2. The number of nitrogen functional groups attached to an aromatic ring is 1. The van der Waals surface area contributed by atoms with Crippen molar-refractivity contribution in [1.82, 2.24) is 19.8 Å². The SMILES string of the molecule is Nn1c(SCC(=O)N2CCC[C@@H]2c2ccc3c(c2)OCCO3)nnc1-c1ccco1. The van der Waals surface area contributed by atoms with Crippen molar-refractivity contribution in [3.8, 4) is 23.1 Å². The molecule has 2 N–H and O–H groups in total. The number of ether oxygens (including phenoxy) is 2. The van der Waals surface area contributed by atoms with Crippen LogP contribution in [0, 0.1) is 0 Å². The molecule has 0 unspecified atom stereocenters. The van der Waals surface area contributed by atoms with Crippen LogP contribution in [0.25, 0.3) is 11.6 Å². The molecule has 0 spiro atoms. The van der Waals surface area contributed by atoms with Crippen molar-refractivity contribution in [3.63, 3.8) is 0 Å². The van der Waals surface area contributed by atoms with Gasteiger partial charge in [0.2, 0.25) is 16.9 Å². The Labute approximate surface area is 177 Å². The van der Waals surface area contributed by atoms with Crippen molar-refractivity contribution < 1.29 is 18.7 Å². The number of fused-ring (bicyclic) bond motifs is 1. The average molecular weight is 427 g/mol. The van der Waals surface area contributed by atoms with E-state index < -0.39 is 0 Å². The second-order valence-electron chi connectivity index (χ2n) is 7.09. The van der Waals surface area contributed by atoms with Gasteiger partial charge in [-0.05, 0) is 42.7 Å². The molecule has 1 aromatic carbocycles. The van der Waals surface area contributed by atoms with Gasteiger partial charge in [-0.25, -0.2) is 4.68 Å². The fourth-order valence-corrected chi connectivity index (χ4v) is 4.58. The van der Waals surface area contributed by atoms with Crippen molar-refractivity contribution in [2.75, 3.05) is 31.4 Å². The van der Waals surface area contributed by atoms with Gasteiger partial charge in [0.15, 0.2) is 17.3 Å². The van der Waals surface area contributed by atoms with E-state index >= 15 is 0 Å². The first-order valence-corrected chi connectivity index (χ1v) is 10.8. The molecule has 4 heterocycles. The van der Waals surface area contributed by atoms with Gasteiger partial charge in [-0.2, -0.15) is 0 Å². The van der Waals surface area contributed by atoms with Gasteiger partial charge in [-0.3, -0.25) is 4.79 Å². The van der Waals surface area contributed by atoms with Crippen LogP contribution in [-0.2, 0) is 4.79 Å². The lowest BCUT2D eigenvalue weighted by molar-refractivity contribution is -0.129. The Morgan fingerprint density at radius 1 is 1.20 bits per heavy atom. The largest absolute Gasteiger partial charge is 0.486 e. The highest BCUT2D eigenvalue weighted by Gasteiger charge is 2.31. The maximum atomic E-state index is 13.0. The van der Waals surface area contributed by atoms with E-state index in [1.54, 1.807) is 18.4 Å². The van der Waals surface area contributed by atoms with Gasteiger partial charge in [0, 0.05) is 6.54 Å². The van der Waals surface area contributed by atoms with Crippen LogP contribution in [0.5, 0.6) is 11.5 Å². The number of furan rings is 1. The highest BCUT2D eigenvalue weighted by molar-refractivity contribution is 7.99. The third-order valence-electron chi connectivity index (χ3n) is 5.25. The maximum Gasteiger partial charge on any atom is 0.233 e. The van der Waals surface area contributed by atoms with Gasteiger partial charge in [-0.1, -0.05) is 17.8 Å². The van der Waals surface area contributed by atoms with Gasteiger partial charge >= 0.3 is 0 Å². The van der Waals surface area contributed by atoms with Gasteiger partial charge < -0.3 is 24.6 Å². The molecule has 156 valence electrons. The summed E-state index contributed by atoms with van der Waals surface area (Å²) in [6.45, 7) is 1.83. The van der Waals surface area contributed by atoms with Crippen molar-refractivity contribution in [2.24, 2.45) is 0 Å². The Balaban J connectivity index is 1.27. The monoisotopic (exact) mass is 427 g/mol. The molecule has 1 atom stereocenters. The first-order chi connectivity index (χ1) is 14.7. The van der Waals surface area contributed by atoms with Crippen molar-refractivity contribution in [3.05, 3.63) is 42.2 Å². The lowest BCUT2D eigenvalue weighted by Crippen LogP contribution is -2.32. The first kappa shape index (κ1) is 18.9. The average Bonchev–Trinajstić information content (AvgIpc) is 3.53. The number of hydrogen-bond donors (Lipinski definition) is 1. The van der Waals surface area contributed by atoms with Crippen LogP contribution < -0.4 is 15.3 Å². The van der Waals surface area contributed by atoms with E-state index in [1.807, 2.05) is 23.1 Å². The number of hydrogen-bond acceptors (Lipinski definition) is 8. The molecule has 0 bridgehead atoms. The first-order valence-electron chi connectivity index (χ1n) is 9.77. The van der Waals surface area contributed by atoms with Crippen molar-refractivity contribution in [2.45, 2.75) is 24.0 Å². The van der Waals surface area contributed by atoms with E-state index in [0.717, 1.165) is 36.4 Å². The molecular formula is C20H21N5O4S. The summed E-state index contributed by atoms with van der Waals surface area (Å²) in [7, 11) is 0. The summed E-state index contributed by atoms with van der Waals surface area (Å²) in [5, 5.41) is 8.61. The predicted octanol–water partition coefficient (Wildman–Crippen LogP) is 2.48. The Morgan fingerprint density at radius 3 is 2.90 bits per heavy atom. The van der Waals surface area contributed by atoms with Gasteiger partial charge in [0.05, 0.1) is 18.1 Å². The molecule has 2 aliphatic heterocycles. The summed E-state index contributed by atoms with van der Waals surface area (Å²) in [4.78, 5) is 14.9. The van der Waals surface area contributed by atoms with E-state index in [-0.39, 0.29) is 17.7 Å². The Kier molecular flexibility index (Phi) is 4.99. The van der Waals surface area contributed by atoms with E-state index in [1.165, 1.54) is 16.4 Å². The van der Waals surface area contributed by atoms with Crippen LogP contribution in [0.15, 0.2) is 46.2 Å². The minimum Gasteiger partial charge on any atom is -0.486 e. The molecule has 1 saturated heterocycles.